The predicted molar refractivity (Wildman–Crippen MR) is 73.7 cm³/mol. The summed E-state index contributed by atoms with van der Waals surface area (Å²) in [7, 11) is 0. The van der Waals surface area contributed by atoms with E-state index in [4.69, 9.17) is 0 Å². The number of nitrogens with one attached hydrogen (secondary N) is 1. The Hall–Kier alpha value is -1.91. The highest BCUT2D eigenvalue weighted by molar-refractivity contribution is 7.16. The van der Waals surface area contributed by atoms with Gasteiger partial charge >= 0.3 is 12.2 Å². The molecule has 2 aromatic rings. The number of halogens is 3. The molecule has 2 aromatic heterocycles. The van der Waals surface area contributed by atoms with Crippen LogP contribution in [0.2, 0.25) is 0 Å². The number of nitrogens with zero attached hydrogens (tertiary/aromatic N) is 5. The number of carbonyl (C=O) groups is 1. The number of hydrogen-bond acceptors (Lipinski definition) is 5. The molecule has 1 N–H and O–H groups in total. The molecule has 0 radical (unpaired) electrons. The van der Waals surface area contributed by atoms with Crippen LogP contribution in [0, 0.1) is 0 Å². The number of urea groups is 1. The first-order valence-corrected chi connectivity index (χ1v) is 7.49. The normalized spacial score (nSPS) is 11.9. The van der Waals surface area contributed by atoms with Crippen LogP contribution in [-0.2, 0) is 12.6 Å². The molecule has 7 nitrogen and oxygen atoms in total. The van der Waals surface area contributed by atoms with Crippen LogP contribution in [0.25, 0.3) is 4.96 Å². The summed E-state index contributed by atoms with van der Waals surface area (Å²) in [5.74, 6) is -1.14. The van der Waals surface area contributed by atoms with E-state index < -0.39 is 12.0 Å². The second-order valence-corrected chi connectivity index (χ2v) is 5.41. The third kappa shape index (κ3) is 3.46. The number of carbonyl (C=O) groups excluding carboxylic acids is 1. The van der Waals surface area contributed by atoms with Crippen LogP contribution in [-0.4, -0.2) is 50.4 Å². The summed E-state index contributed by atoms with van der Waals surface area (Å²) in [5, 5.41) is 13.5. The lowest BCUT2D eigenvalue weighted by Gasteiger charge is -2.18. The van der Waals surface area contributed by atoms with Gasteiger partial charge in [-0.15, -0.1) is 10.2 Å². The number of amides is 2. The molecule has 0 bridgehead atoms. The van der Waals surface area contributed by atoms with E-state index in [-0.39, 0.29) is 11.0 Å². The molecule has 0 aliphatic heterocycles. The maximum atomic E-state index is 12.7. The molecule has 0 aliphatic rings. The lowest BCUT2D eigenvalue weighted by molar-refractivity contribution is -0.146. The Kier molecular flexibility index (Phi) is 4.84. The zero-order valence-corrected chi connectivity index (χ0v) is 12.8. The van der Waals surface area contributed by atoms with E-state index in [1.807, 2.05) is 13.8 Å². The standard InChI is InChI=1S/C11H15F3N6OS/c1-3-19(4-2)9(21)15-6-5-7-18-20-8(11(12,13)14)16-17-10(20)22-7/h3-6H2,1-2H3,(H,15,21). The highest BCUT2D eigenvalue weighted by Crippen LogP contribution is 2.28. The maximum Gasteiger partial charge on any atom is 0.453 e. The van der Waals surface area contributed by atoms with Gasteiger partial charge in [0.2, 0.25) is 4.96 Å². The number of fused-ring (bicyclic) bond motifs is 1. The van der Waals surface area contributed by atoms with Crippen molar-refractivity contribution in [3.8, 4) is 0 Å². The molecule has 122 valence electrons. The highest BCUT2D eigenvalue weighted by Gasteiger charge is 2.38. The summed E-state index contributed by atoms with van der Waals surface area (Å²) in [5.41, 5.74) is 0. The Morgan fingerprint density at radius 1 is 1.32 bits per heavy atom. The van der Waals surface area contributed by atoms with Crippen molar-refractivity contribution in [1.29, 1.82) is 0 Å². The maximum absolute atomic E-state index is 12.7. The second kappa shape index (κ2) is 6.46. The second-order valence-electron chi connectivity index (χ2n) is 4.37. The number of hydrogen-bond donors (Lipinski definition) is 1. The van der Waals surface area contributed by atoms with Crippen LogP contribution in [0.5, 0.6) is 0 Å². The molecule has 0 saturated heterocycles. The molecule has 0 saturated carbocycles. The van der Waals surface area contributed by atoms with Crippen LogP contribution < -0.4 is 5.32 Å². The molecule has 2 heterocycles. The van der Waals surface area contributed by atoms with E-state index in [9.17, 15) is 18.0 Å². The van der Waals surface area contributed by atoms with E-state index in [0.717, 1.165) is 11.3 Å². The summed E-state index contributed by atoms with van der Waals surface area (Å²) >= 11 is 1.02. The fourth-order valence-electron chi connectivity index (χ4n) is 1.83. The van der Waals surface area contributed by atoms with Crippen molar-refractivity contribution < 1.29 is 18.0 Å². The molecule has 0 aromatic carbocycles. The van der Waals surface area contributed by atoms with E-state index in [2.05, 4.69) is 20.6 Å². The van der Waals surface area contributed by atoms with E-state index in [1.165, 1.54) is 0 Å². The molecule has 2 rings (SSSR count). The molecular formula is C11H15F3N6OS. The number of alkyl halides is 3. The van der Waals surface area contributed by atoms with E-state index in [0.29, 0.717) is 35.6 Å². The minimum atomic E-state index is -4.60. The summed E-state index contributed by atoms with van der Waals surface area (Å²) in [6.07, 6.45) is -4.26. The molecule has 2 amide bonds. The molecule has 0 atom stereocenters. The first-order valence-electron chi connectivity index (χ1n) is 6.67. The molecule has 22 heavy (non-hydrogen) atoms. The molecule has 0 aliphatic carbocycles. The zero-order valence-electron chi connectivity index (χ0n) is 12.0. The average molecular weight is 336 g/mol. The summed E-state index contributed by atoms with van der Waals surface area (Å²) in [4.78, 5) is 13.4. The van der Waals surface area contributed by atoms with Crippen LogP contribution in [0.3, 0.4) is 0 Å². The zero-order chi connectivity index (χ0) is 16.3. The van der Waals surface area contributed by atoms with Gasteiger partial charge in [0, 0.05) is 26.1 Å². The van der Waals surface area contributed by atoms with Gasteiger partial charge in [-0.2, -0.15) is 22.8 Å². The molecular weight excluding hydrogens is 321 g/mol. The minimum absolute atomic E-state index is 0.0809. The number of rotatable bonds is 5. The molecule has 0 spiro atoms. The molecule has 0 unspecified atom stereocenters. The first kappa shape index (κ1) is 16.5. The van der Waals surface area contributed by atoms with Crippen molar-refractivity contribution in [2.24, 2.45) is 0 Å². The fraction of sp³-hybridized carbons (Fsp3) is 0.636. The lowest BCUT2D eigenvalue weighted by Crippen LogP contribution is -2.40. The Morgan fingerprint density at radius 3 is 2.59 bits per heavy atom. The van der Waals surface area contributed by atoms with Crippen LogP contribution >= 0.6 is 11.3 Å². The molecule has 0 fully saturated rings. The highest BCUT2D eigenvalue weighted by atomic mass is 32.1. The first-order chi connectivity index (χ1) is 10.4. The smallest absolute Gasteiger partial charge is 0.338 e. The van der Waals surface area contributed by atoms with Gasteiger partial charge in [-0.3, -0.25) is 0 Å². The summed E-state index contributed by atoms with van der Waals surface area (Å²) < 4.78 is 38.7. The van der Waals surface area contributed by atoms with Crippen molar-refractivity contribution in [2.45, 2.75) is 26.4 Å². The largest absolute Gasteiger partial charge is 0.453 e. The van der Waals surface area contributed by atoms with Crippen molar-refractivity contribution in [3.05, 3.63) is 10.8 Å². The topological polar surface area (TPSA) is 75.4 Å². The quantitative estimate of drug-likeness (QED) is 0.903. The van der Waals surface area contributed by atoms with E-state index in [1.54, 1.807) is 4.90 Å². The van der Waals surface area contributed by atoms with Gasteiger partial charge in [0.1, 0.15) is 5.01 Å². The Balaban J connectivity index is 1.98. The van der Waals surface area contributed by atoms with Gasteiger partial charge in [0.15, 0.2) is 0 Å². The monoisotopic (exact) mass is 336 g/mol. The summed E-state index contributed by atoms with van der Waals surface area (Å²) in [6.45, 7) is 5.21. The predicted octanol–water partition coefficient (Wildman–Crippen LogP) is 1.80. The van der Waals surface area contributed by atoms with Gasteiger partial charge in [0.25, 0.3) is 5.82 Å². The Labute approximate surface area is 128 Å². The number of aromatic nitrogens is 4. The van der Waals surface area contributed by atoms with Crippen molar-refractivity contribution in [2.75, 3.05) is 19.6 Å². The van der Waals surface area contributed by atoms with Crippen LogP contribution in [0.15, 0.2) is 0 Å². The van der Waals surface area contributed by atoms with Gasteiger partial charge < -0.3 is 10.2 Å². The SMILES string of the molecule is CCN(CC)C(=O)NCCc1nn2c(C(F)(F)F)nnc2s1. The van der Waals surface area contributed by atoms with Crippen molar-refractivity contribution in [1.82, 2.24) is 30.0 Å². The fourth-order valence-corrected chi connectivity index (χ4v) is 2.67. The lowest BCUT2D eigenvalue weighted by atomic mass is 10.4. The third-order valence-corrected chi connectivity index (χ3v) is 3.91. The Morgan fingerprint density at radius 2 is 2.00 bits per heavy atom. The average Bonchev–Trinajstić information content (AvgIpc) is 2.98. The Bertz CT molecular complexity index is 648. The van der Waals surface area contributed by atoms with Crippen LogP contribution in [0.4, 0.5) is 18.0 Å². The van der Waals surface area contributed by atoms with Gasteiger partial charge in [-0.05, 0) is 13.8 Å². The van der Waals surface area contributed by atoms with Crippen molar-refractivity contribution in [3.63, 3.8) is 0 Å². The van der Waals surface area contributed by atoms with Crippen molar-refractivity contribution >= 4 is 22.3 Å². The molecule has 11 heteroatoms. The van der Waals surface area contributed by atoms with Gasteiger partial charge in [-0.1, -0.05) is 11.3 Å². The van der Waals surface area contributed by atoms with Crippen LogP contribution in [0.1, 0.15) is 24.7 Å². The van der Waals surface area contributed by atoms with E-state index >= 15 is 0 Å². The minimum Gasteiger partial charge on any atom is -0.338 e. The van der Waals surface area contributed by atoms with Gasteiger partial charge in [-0.25, -0.2) is 4.79 Å². The summed E-state index contributed by atoms with van der Waals surface area (Å²) in [6, 6.07) is -0.205. The third-order valence-electron chi connectivity index (χ3n) is 2.95. The van der Waals surface area contributed by atoms with Gasteiger partial charge in [0.05, 0.1) is 0 Å².